The van der Waals surface area contributed by atoms with Gasteiger partial charge in [-0.3, -0.25) is 63.0 Å². The Bertz CT molecular complexity index is 5250. The maximum atomic E-state index is 13.2. The van der Waals surface area contributed by atoms with Crippen molar-refractivity contribution in [2.24, 2.45) is 21.1 Å². The van der Waals surface area contributed by atoms with Crippen LogP contribution >= 0.6 is 0 Å². The molecule has 17 rings (SSSR count). The Morgan fingerprint density at radius 1 is 0.389 bits per heavy atom. The number of morpholine rings is 3. The number of aryl methyl sites for hydroxylation is 3. The fraction of sp³-hybridized carbons (Fsp3) is 0.380. The molecule has 1 saturated carbocycles. The Morgan fingerprint density at radius 2 is 0.779 bits per heavy atom. The first kappa shape index (κ1) is 78.0. The van der Waals surface area contributed by atoms with E-state index >= 15 is 0 Å². The molecule has 10 heterocycles. The Morgan fingerprint density at radius 3 is 1.19 bits per heavy atom. The number of hydrogen-bond donors (Lipinski definition) is 0. The molecule has 21 heteroatoms. The Kier molecular flexibility index (Phi) is 25.6. The average Bonchev–Trinajstić information content (AvgIpc) is 1.77. The molecule has 6 aromatic heterocycles. The van der Waals surface area contributed by atoms with Gasteiger partial charge in [0.2, 0.25) is 0 Å². The van der Waals surface area contributed by atoms with Crippen molar-refractivity contribution >= 4 is 49.7 Å². The molecule has 6 aromatic carbocycles. The number of hydrogen-bond acceptors (Lipinski definition) is 18. The van der Waals surface area contributed by atoms with Crippen LogP contribution in [0.2, 0.25) is 0 Å². The van der Waals surface area contributed by atoms with E-state index in [1.165, 1.54) is 60.3 Å². The van der Waals surface area contributed by atoms with Crippen molar-refractivity contribution in [1.82, 2.24) is 68.8 Å². The van der Waals surface area contributed by atoms with E-state index in [1.54, 1.807) is 0 Å². The zero-order valence-electron chi connectivity index (χ0n) is 66.0. The molecular weight excluding hydrogens is 1410 g/mol. The molecule has 0 atom stereocenters. The van der Waals surface area contributed by atoms with Crippen LogP contribution in [0.5, 0.6) is 5.75 Å². The maximum Gasteiger partial charge on any atom is 0.168 e. The number of aromatic nitrogens is 9. The van der Waals surface area contributed by atoms with E-state index in [0.29, 0.717) is 18.1 Å². The van der Waals surface area contributed by atoms with Gasteiger partial charge in [-0.2, -0.15) is 15.3 Å². The summed E-state index contributed by atoms with van der Waals surface area (Å²) >= 11 is 0. The largest absolute Gasteiger partial charge is 0.490 e. The molecule has 584 valence electrons. The molecule has 4 aliphatic heterocycles. The predicted molar refractivity (Wildman–Crippen MR) is 443 cm³/mol. The van der Waals surface area contributed by atoms with E-state index < -0.39 is 0 Å². The third-order valence-electron chi connectivity index (χ3n) is 22.6. The van der Waals surface area contributed by atoms with Gasteiger partial charge in [-0.1, -0.05) is 85.3 Å². The fourth-order valence-corrected chi connectivity index (χ4v) is 16.0. The minimum Gasteiger partial charge on any atom is -0.490 e. The van der Waals surface area contributed by atoms with Crippen LogP contribution in [0.15, 0.2) is 183 Å². The van der Waals surface area contributed by atoms with Crippen LogP contribution in [0.3, 0.4) is 0 Å². The first-order valence-electron chi connectivity index (χ1n) is 40.2. The molecule has 12 aromatic rings. The summed E-state index contributed by atoms with van der Waals surface area (Å²) in [5.74, 6) is 1.09. The molecule has 21 nitrogen and oxygen atoms in total. The van der Waals surface area contributed by atoms with Gasteiger partial charge in [0.15, 0.2) is 17.3 Å². The minimum atomic E-state index is 0.0577. The van der Waals surface area contributed by atoms with Crippen molar-refractivity contribution < 1.29 is 33.3 Å². The molecule has 4 saturated heterocycles. The second kappa shape index (κ2) is 37.1. The number of nitrogens with zero attached hydrogens (tertiary/aromatic N) is 14. The highest BCUT2D eigenvalue weighted by Crippen LogP contribution is 2.34. The lowest BCUT2D eigenvalue weighted by atomic mass is 9.98. The molecule has 5 aliphatic rings. The third kappa shape index (κ3) is 20.2. The molecule has 0 amide bonds. The maximum absolute atomic E-state index is 13.2. The van der Waals surface area contributed by atoms with Crippen LogP contribution in [-0.4, -0.2) is 198 Å². The van der Waals surface area contributed by atoms with Crippen molar-refractivity contribution in [2.75, 3.05) is 106 Å². The Hall–Kier alpha value is -10.3. The van der Waals surface area contributed by atoms with Gasteiger partial charge >= 0.3 is 0 Å². The lowest BCUT2D eigenvalue weighted by Crippen LogP contribution is -2.36. The number of fused-ring (bicyclic) bond motifs is 3. The van der Waals surface area contributed by atoms with Gasteiger partial charge < -0.3 is 23.8 Å². The summed E-state index contributed by atoms with van der Waals surface area (Å²) in [6, 6.07) is 49.0. The molecule has 0 bridgehead atoms. The summed E-state index contributed by atoms with van der Waals surface area (Å²) < 4.78 is 28.6. The smallest absolute Gasteiger partial charge is 0.168 e. The second-order valence-corrected chi connectivity index (χ2v) is 31.1. The number of ketones is 3. The second-order valence-electron chi connectivity index (χ2n) is 31.1. The van der Waals surface area contributed by atoms with Gasteiger partial charge in [0.1, 0.15) is 5.75 Å². The van der Waals surface area contributed by atoms with Crippen LogP contribution in [0.1, 0.15) is 121 Å². The summed E-state index contributed by atoms with van der Waals surface area (Å²) in [6.07, 6.45) is 21.1. The van der Waals surface area contributed by atoms with Crippen molar-refractivity contribution in [3.8, 4) is 39.1 Å². The number of pyridine rings is 3. The number of Topliss-reactive ketones (excluding diaryl/α,β-unsaturated/α-hetero) is 3. The Balaban J connectivity index is 0.000000134. The van der Waals surface area contributed by atoms with Crippen molar-refractivity contribution in [3.63, 3.8) is 0 Å². The molecule has 0 N–H and O–H groups in total. The van der Waals surface area contributed by atoms with E-state index in [9.17, 15) is 14.4 Å². The molecule has 1 aliphatic carbocycles. The molecule has 0 radical (unpaired) electrons. The first-order valence-corrected chi connectivity index (χ1v) is 40.2. The highest BCUT2D eigenvalue weighted by Gasteiger charge is 2.24. The zero-order valence-corrected chi connectivity index (χ0v) is 66.0. The quantitative estimate of drug-likeness (QED) is 0.0517. The van der Waals surface area contributed by atoms with Crippen LogP contribution < -0.4 is 4.74 Å². The zero-order chi connectivity index (χ0) is 77.6. The molecule has 5 fully saturated rings. The average molecular weight is 1520 g/mol. The number of ether oxygens (including phenoxy) is 4. The normalized spacial score (nSPS) is 16.2. The van der Waals surface area contributed by atoms with Gasteiger partial charge in [0.25, 0.3) is 0 Å². The highest BCUT2D eigenvalue weighted by atomic mass is 16.5. The predicted octanol–water partition coefficient (Wildman–Crippen LogP) is 14.0. The van der Waals surface area contributed by atoms with Crippen molar-refractivity contribution in [1.29, 1.82) is 0 Å². The minimum absolute atomic E-state index is 0.0577. The van der Waals surface area contributed by atoms with Crippen LogP contribution in [0.25, 0.3) is 65.7 Å². The van der Waals surface area contributed by atoms with Gasteiger partial charge in [0, 0.05) is 178 Å². The number of benzene rings is 6. The SMILES string of the molecule is CN(C)Cc1ccc(C(=O)Cc2cc3cc(-c4cnn(C)c4CN4CCOCC4)ccc3cn2)cc1.Cn1ncc(-c2ccc3cnc(CC(=O)c4ccc(OC5CCCCC5)cc4)cc3c2)c1CN1CCOCC1.Cn1ncc(-c2ccc3cnc(CC(=O)c4cccc(CN5CCCC5)c4)cc3c2)c1CN1CCOCC1. The summed E-state index contributed by atoms with van der Waals surface area (Å²) in [6.45, 7) is 16.9. The number of carbonyl (C=O) groups excluding carboxylic acids is 3. The molecule has 113 heavy (non-hydrogen) atoms. The number of rotatable bonds is 24. The van der Waals surface area contributed by atoms with E-state index in [1.807, 2.05) is 159 Å². The number of carbonyl (C=O) groups is 3. The molecule has 0 spiro atoms. The molecular formula is C92H104N14O7. The van der Waals surface area contributed by atoms with E-state index in [4.69, 9.17) is 18.9 Å². The standard InChI is InChI=1S/C32H36N4O3.C31H35N5O2.C29H33N5O2/c1-35-31(22-36-13-15-38-16-14-36)30(21-34-35)24-7-8-25-20-33-27(18-26(25)17-24)19-32(37)23-9-11-29(12-10-23)39-28-5-3-2-4-6-28;1-34-30(22-36-11-13-38-14-12-36)29(20-33-34)24-7-8-26-19-32-28(17-27(26)16-24)18-31(37)25-6-4-5-23(15-25)21-35-9-2-3-10-35;1-32(2)19-21-4-6-22(7-5-21)29(35)16-26-15-25-14-23(8-9-24(25)17-30-26)27-18-31-33(3)28(27)20-34-10-12-36-13-11-34/h7-12,17-18,20-21,28H,2-6,13-16,19,22H2,1H3;4-8,15-17,19-20H,2-3,9-14,18,21-22H2,1H3;4-9,14-15,17-18H,10-13,16,19-20H2,1-3H3. The van der Waals surface area contributed by atoms with Crippen LogP contribution in [0, 0.1) is 0 Å². The number of likely N-dealkylation sites (tertiary alicyclic amines) is 1. The van der Waals surface area contributed by atoms with Gasteiger partial charge in [-0.15, -0.1) is 0 Å². The van der Waals surface area contributed by atoms with Gasteiger partial charge in [-0.05, 0) is 176 Å². The van der Waals surface area contributed by atoms with Gasteiger partial charge in [0.05, 0.1) is 101 Å². The third-order valence-corrected chi connectivity index (χ3v) is 22.6. The summed E-state index contributed by atoms with van der Waals surface area (Å²) in [7, 11) is 10.1. The molecule has 0 unspecified atom stereocenters. The topological polar surface area (TPSA) is 196 Å². The lowest BCUT2D eigenvalue weighted by molar-refractivity contribution is 0.0331. The summed E-state index contributed by atoms with van der Waals surface area (Å²) in [5, 5.41) is 20.1. The van der Waals surface area contributed by atoms with Crippen LogP contribution in [-0.2, 0) is 87.3 Å². The van der Waals surface area contributed by atoms with Crippen molar-refractivity contribution in [3.05, 3.63) is 245 Å². The fourth-order valence-electron chi connectivity index (χ4n) is 16.0. The first-order chi connectivity index (χ1) is 55.2. The van der Waals surface area contributed by atoms with E-state index in [2.05, 4.69) is 128 Å². The van der Waals surface area contributed by atoms with E-state index in [0.717, 1.165) is 237 Å². The summed E-state index contributed by atoms with van der Waals surface area (Å²) in [4.78, 5) is 64.8. The van der Waals surface area contributed by atoms with Gasteiger partial charge in [-0.25, -0.2) is 0 Å². The van der Waals surface area contributed by atoms with Crippen LogP contribution in [0.4, 0.5) is 0 Å². The highest BCUT2D eigenvalue weighted by molar-refractivity contribution is 6.00. The lowest BCUT2D eigenvalue weighted by Gasteiger charge is -2.27. The van der Waals surface area contributed by atoms with Crippen molar-refractivity contribution in [2.45, 2.75) is 103 Å². The summed E-state index contributed by atoms with van der Waals surface area (Å²) in [5.41, 5.74) is 17.3. The monoisotopic (exact) mass is 1520 g/mol. The Labute approximate surface area is 662 Å². The van der Waals surface area contributed by atoms with E-state index in [-0.39, 0.29) is 30.2 Å².